The largest absolute Gasteiger partial charge is 0.396 e. The number of aliphatic hydroxyl groups is 1. The zero-order valence-electron chi connectivity index (χ0n) is 14.2. The standard InChI is InChI=1S/C18H36N2O/c1-16(2)13-19-14-18(9-3-4-10-18)15-20(11-6-12-21)17-7-5-8-17/h16-17,19,21H,3-15H2,1-2H3. The molecule has 0 spiro atoms. The van der Waals surface area contributed by atoms with Gasteiger partial charge < -0.3 is 10.4 Å². The van der Waals surface area contributed by atoms with Crippen molar-refractivity contribution in [2.75, 3.05) is 32.8 Å². The molecule has 0 aromatic rings. The molecule has 0 heterocycles. The third-order valence-corrected chi connectivity index (χ3v) is 5.45. The van der Waals surface area contributed by atoms with Gasteiger partial charge in [0.05, 0.1) is 0 Å². The molecule has 3 heteroatoms. The van der Waals surface area contributed by atoms with Crippen LogP contribution in [0.2, 0.25) is 0 Å². The van der Waals surface area contributed by atoms with Crippen molar-refractivity contribution in [1.82, 2.24) is 10.2 Å². The monoisotopic (exact) mass is 296 g/mol. The van der Waals surface area contributed by atoms with Crippen LogP contribution >= 0.6 is 0 Å². The molecule has 2 saturated carbocycles. The van der Waals surface area contributed by atoms with Crippen LogP contribution in [0.5, 0.6) is 0 Å². The minimum atomic E-state index is 0.335. The normalized spacial score (nSPS) is 22.1. The van der Waals surface area contributed by atoms with Crippen molar-refractivity contribution in [3.05, 3.63) is 0 Å². The van der Waals surface area contributed by atoms with Crippen molar-refractivity contribution in [1.29, 1.82) is 0 Å². The Morgan fingerprint density at radius 1 is 1.19 bits per heavy atom. The molecule has 0 unspecified atom stereocenters. The highest BCUT2D eigenvalue weighted by Gasteiger charge is 2.37. The fraction of sp³-hybridized carbons (Fsp3) is 1.00. The van der Waals surface area contributed by atoms with Crippen molar-refractivity contribution < 1.29 is 5.11 Å². The van der Waals surface area contributed by atoms with Gasteiger partial charge in [-0.25, -0.2) is 0 Å². The molecular formula is C18H36N2O. The Balaban J connectivity index is 1.88. The molecule has 0 radical (unpaired) electrons. The van der Waals surface area contributed by atoms with Crippen LogP contribution < -0.4 is 5.32 Å². The van der Waals surface area contributed by atoms with Gasteiger partial charge in [0.2, 0.25) is 0 Å². The van der Waals surface area contributed by atoms with E-state index in [0.29, 0.717) is 12.0 Å². The number of nitrogens with zero attached hydrogens (tertiary/aromatic N) is 1. The molecule has 0 saturated heterocycles. The SMILES string of the molecule is CC(C)CNCC1(CN(CCCO)C2CCC2)CCCC1. The number of rotatable bonds is 10. The zero-order valence-corrected chi connectivity index (χ0v) is 14.2. The second kappa shape index (κ2) is 8.50. The minimum absolute atomic E-state index is 0.335. The summed E-state index contributed by atoms with van der Waals surface area (Å²) in [6, 6.07) is 0.805. The average Bonchev–Trinajstić information content (AvgIpc) is 2.82. The second-order valence-corrected chi connectivity index (χ2v) is 7.86. The van der Waals surface area contributed by atoms with Crippen LogP contribution in [0.3, 0.4) is 0 Å². The minimum Gasteiger partial charge on any atom is -0.396 e. The second-order valence-electron chi connectivity index (χ2n) is 7.86. The quantitative estimate of drug-likeness (QED) is 0.650. The van der Waals surface area contributed by atoms with Crippen LogP contribution in [0, 0.1) is 11.3 Å². The fourth-order valence-corrected chi connectivity index (χ4v) is 3.99. The summed E-state index contributed by atoms with van der Waals surface area (Å²) < 4.78 is 0. The first-order valence-corrected chi connectivity index (χ1v) is 9.21. The third kappa shape index (κ3) is 5.22. The van der Waals surface area contributed by atoms with E-state index in [0.717, 1.165) is 31.5 Å². The first-order chi connectivity index (χ1) is 10.2. The number of hydrogen-bond donors (Lipinski definition) is 2. The van der Waals surface area contributed by atoms with Gasteiger partial charge in [0.25, 0.3) is 0 Å². The highest BCUT2D eigenvalue weighted by atomic mass is 16.3. The summed E-state index contributed by atoms with van der Waals surface area (Å²) in [5.74, 6) is 0.737. The first kappa shape index (κ1) is 17.2. The lowest BCUT2D eigenvalue weighted by atomic mass is 9.82. The Labute approximate surface area is 131 Å². The van der Waals surface area contributed by atoms with Crippen molar-refractivity contribution in [2.24, 2.45) is 11.3 Å². The summed E-state index contributed by atoms with van der Waals surface area (Å²) in [5.41, 5.74) is 0.500. The van der Waals surface area contributed by atoms with Crippen LogP contribution in [-0.2, 0) is 0 Å². The first-order valence-electron chi connectivity index (χ1n) is 9.21. The summed E-state index contributed by atoms with van der Waals surface area (Å²) in [4.78, 5) is 2.71. The predicted molar refractivity (Wildman–Crippen MR) is 89.5 cm³/mol. The summed E-state index contributed by atoms with van der Waals surface area (Å²) in [6.07, 6.45) is 10.7. The van der Waals surface area contributed by atoms with E-state index in [1.54, 1.807) is 0 Å². The molecule has 0 atom stereocenters. The van der Waals surface area contributed by atoms with Crippen LogP contribution in [0.4, 0.5) is 0 Å². The Morgan fingerprint density at radius 3 is 2.43 bits per heavy atom. The fourth-order valence-electron chi connectivity index (χ4n) is 3.99. The molecule has 0 amide bonds. The molecule has 2 fully saturated rings. The lowest BCUT2D eigenvalue weighted by Gasteiger charge is -2.43. The highest BCUT2D eigenvalue weighted by molar-refractivity contribution is 4.92. The van der Waals surface area contributed by atoms with Crippen molar-refractivity contribution >= 4 is 0 Å². The maximum absolute atomic E-state index is 9.18. The van der Waals surface area contributed by atoms with E-state index in [-0.39, 0.29) is 0 Å². The van der Waals surface area contributed by atoms with E-state index in [4.69, 9.17) is 0 Å². The molecule has 3 nitrogen and oxygen atoms in total. The number of aliphatic hydroxyl groups excluding tert-OH is 1. The van der Waals surface area contributed by atoms with Gasteiger partial charge >= 0.3 is 0 Å². The Morgan fingerprint density at radius 2 is 1.90 bits per heavy atom. The Hall–Kier alpha value is -0.120. The van der Waals surface area contributed by atoms with Gasteiger partial charge in [-0.15, -0.1) is 0 Å². The number of hydrogen-bond acceptors (Lipinski definition) is 3. The molecule has 0 bridgehead atoms. The zero-order chi connectivity index (χ0) is 15.1. The number of nitrogens with one attached hydrogen (secondary N) is 1. The van der Waals surface area contributed by atoms with Gasteiger partial charge in [0.15, 0.2) is 0 Å². The molecule has 2 N–H and O–H groups in total. The highest BCUT2D eigenvalue weighted by Crippen LogP contribution is 2.40. The molecule has 0 aromatic carbocycles. The maximum Gasteiger partial charge on any atom is 0.0443 e. The van der Waals surface area contributed by atoms with E-state index in [9.17, 15) is 5.11 Å². The Kier molecular flexibility index (Phi) is 6.97. The molecule has 0 aromatic heterocycles. The van der Waals surface area contributed by atoms with Gasteiger partial charge in [0, 0.05) is 32.3 Å². The summed E-state index contributed by atoms with van der Waals surface area (Å²) in [7, 11) is 0. The van der Waals surface area contributed by atoms with E-state index < -0.39 is 0 Å². The molecule has 2 rings (SSSR count). The molecule has 21 heavy (non-hydrogen) atoms. The summed E-state index contributed by atoms with van der Waals surface area (Å²) >= 11 is 0. The lowest BCUT2D eigenvalue weighted by Crippen LogP contribution is -2.49. The van der Waals surface area contributed by atoms with Crippen molar-refractivity contribution in [3.8, 4) is 0 Å². The van der Waals surface area contributed by atoms with E-state index in [1.807, 2.05) is 0 Å². The van der Waals surface area contributed by atoms with E-state index >= 15 is 0 Å². The summed E-state index contributed by atoms with van der Waals surface area (Å²) in [5, 5.41) is 12.9. The Bertz CT molecular complexity index is 283. The van der Waals surface area contributed by atoms with E-state index in [2.05, 4.69) is 24.1 Å². The van der Waals surface area contributed by atoms with Gasteiger partial charge in [-0.1, -0.05) is 33.1 Å². The smallest absolute Gasteiger partial charge is 0.0443 e. The topological polar surface area (TPSA) is 35.5 Å². The molecular weight excluding hydrogens is 260 g/mol. The molecule has 2 aliphatic rings. The van der Waals surface area contributed by atoms with Crippen LogP contribution in [-0.4, -0.2) is 48.8 Å². The van der Waals surface area contributed by atoms with Crippen LogP contribution in [0.1, 0.15) is 65.2 Å². The maximum atomic E-state index is 9.18. The van der Waals surface area contributed by atoms with Gasteiger partial charge in [-0.2, -0.15) is 0 Å². The van der Waals surface area contributed by atoms with Crippen LogP contribution in [0.25, 0.3) is 0 Å². The third-order valence-electron chi connectivity index (χ3n) is 5.45. The molecule has 2 aliphatic carbocycles. The van der Waals surface area contributed by atoms with Crippen molar-refractivity contribution in [2.45, 2.75) is 71.3 Å². The average molecular weight is 296 g/mol. The van der Waals surface area contributed by atoms with Gasteiger partial charge in [-0.3, -0.25) is 4.90 Å². The predicted octanol–water partition coefficient (Wildman–Crippen LogP) is 3.03. The van der Waals surface area contributed by atoms with Crippen LogP contribution in [0.15, 0.2) is 0 Å². The summed E-state index contributed by atoms with van der Waals surface area (Å²) in [6.45, 7) is 9.58. The van der Waals surface area contributed by atoms with Crippen molar-refractivity contribution in [3.63, 3.8) is 0 Å². The van der Waals surface area contributed by atoms with Gasteiger partial charge in [0.1, 0.15) is 0 Å². The lowest BCUT2D eigenvalue weighted by molar-refractivity contribution is 0.0631. The molecule has 0 aliphatic heterocycles. The van der Waals surface area contributed by atoms with E-state index in [1.165, 1.54) is 58.0 Å². The molecule has 124 valence electrons. The van der Waals surface area contributed by atoms with Gasteiger partial charge in [-0.05, 0) is 50.0 Å².